The number of para-hydroxylation sites is 1. The van der Waals surface area contributed by atoms with Crippen LogP contribution >= 0.6 is 11.6 Å². The minimum absolute atomic E-state index is 0.000386. The highest BCUT2D eigenvalue weighted by atomic mass is 35.5. The van der Waals surface area contributed by atoms with Gasteiger partial charge in [-0.25, -0.2) is 26.1 Å². The highest BCUT2D eigenvalue weighted by molar-refractivity contribution is 7.89. The smallest absolute Gasteiger partial charge is 0.246 e. The summed E-state index contributed by atoms with van der Waals surface area (Å²) in [5, 5.41) is 2.60. The van der Waals surface area contributed by atoms with Gasteiger partial charge in [0, 0.05) is 39.3 Å². The third kappa shape index (κ3) is 4.90. The number of halogens is 1. The number of piperidine rings is 1. The van der Waals surface area contributed by atoms with E-state index in [-0.39, 0.29) is 39.6 Å². The zero-order valence-corrected chi connectivity index (χ0v) is 19.4. The number of sulfonamides is 2. The first-order valence-electron chi connectivity index (χ1n) is 9.48. The Hall–Kier alpha value is -2.05. The summed E-state index contributed by atoms with van der Waals surface area (Å²) in [6.45, 7) is 0.284. The zero-order chi connectivity index (χ0) is 22.8. The fraction of sp³-hybridized carbons (Fsp3) is 0.368. The summed E-state index contributed by atoms with van der Waals surface area (Å²) in [6.07, 6.45) is 2.00. The molecule has 12 heteroatoms. The Labute approximate surface area is 187 Å². The van der Waals surface area contributed by atoms with Crippen molar-refractivity contribution < 1.29 is 21.6 Å². The van der Waals surface area contributed by atoms with Gasteiger partial charge >= 0.3 is 0 Å². The molecule has 0 radical (unpaired) electrons. The van der Waals surface area contributed by atoms with E-state index in [9.17, 15) is 21.6 Å². The van der Waals surface area contributed by atoms with Crippen molar-refractivity contribution in [1.29, 1.82) is 0 Å². The number of carbonyl (C=O) groups excluding carboxylic acids is 1. The lowest BCUT2D eigenvalue weighted by Gasteiger charge is -2.30. The second-order valence-electron chi connectivity index (χ2n) is 7.24. The lowest BCUT2D eigenvalue weighted by molar-refractivity contribution is -0.120. The number of hydrogen-bond acceptors (Lipinski definition) is 6. The van der Waals surface area contributed by atoms with Gasteiger partial charge in [0.25, 0.3) is 0 Å². The quantitative estimate of drug-likeness (QED) is 0.624. The highest BCUT2D eigenvalue weighted by Crippen LogP contribution is 2.29. The van der Waals surface area contributed by atoms with Gasteiger partial charge in [-0.1, -0.05) is 23.7 Å². The molecule has 9 nitrogen and oxygen atoms in total. The molecule has 1 aliphatic rings. The summed E-state index contributed by atoms with van der Waals surface area (Å²) >= 11 is 5.94. The molecule has 1 aliphatic heterocycles. The second kappa shape index (κ2) is 9.21. The zero-order valence-electron chi connectivity index (χ0n) is 17.0. The molecule has 3 rings (SSSR count). The molecule has 2 heterocycles. The summed E-state index contributed by atoms with van der Waals surface area (Å²) in [5.41, 5.74) is 0.193. The van der Waals surface area contributed by atoms with Crippen LogP contribution in [-0.4, -0.2) is 63.5 Å². The summed E-state index contributed by atoms with van der Waals surface area (Å²) in [4.78, 5) is 16.5. The average molecular weight is 487 g/mol. The van der Waals surface area contributed by atoms with Crippen molar-refractivity contribution in [2.45, 2.75) is 22.6 Å². The average Bonchev–Trinajstić information content (AvgIpc) is 2.74. The van der Waals surface area contributed by atoms with Gasteiger partial charge in [-0.15, -0.1) is 0 Å². The monoisotopic (exact) mass is 486 g/mol. The fourth-order valence-electron chi connectivity index (χ4n) is 3.29. The first kappa shape index (κ1) is 23.6. The number of pyridine rings is 1. The van der Waals surface area contributed by atoms with Crippen molar-refractivity contribution in [3.05, 3.63) is 47.7 Å². The van der Waals surface area contributed by atoms with E-state index in [1.54, 1.807) is 12.1 Å². The van der Waals surface area contributed by atoms with Gasteiger partial charge in [0.1, 0.15) is 14.9 Å². The third-order valence-corrected chi connectivity index (χ3v) is 9.29. The maximum absolute atomic E-state index is 12.8. The number of carbonyl (C=O) groups is 1. The fourth-order valence-corrected chi connectivity index (χ4v) is 6.23. The Morgan fingerprint density at radius 3 is 2.29 bits per heavy atom. The Morgan fingerprint density at radius 2 is 1.68 bits per heavy atom. The Bertz CT molecular complexity index is 1180. The molecule has 0 bridgehead atoms. The Morgan fingerprint density at radius 1 is 1.06 bits per heavy atom. The first-order valence-corrected chi connectivity index (χ1v) is 12.7. The van der Waals surface area contributed by atoms with Crippen molar-refractivity contribution in [2.75, 3.05) is 32.5 Å². The van der Waals surface area contributed by atoms with E-state index in [0.717, 1.165) is 4.31 Å². The van der Waals surface area contributed by atoms with E-state index in [2.05, 4.69) is 10.3 Å². The summed E-state index contributed by atoms with van der Waals surface area (Å²) in [7, 11) is -4.72. The van der Waals surface area contributed by atoms with E-state index < -0.39 is 26.0 Å². The van der Waals surface area contributed by atoms with E-state index in [4.69, 9.17) is 11.6 Å². The molecule has 0 saturated carbocycles. The topological polar surface area (TPSA) is 117 Å². The molecule has 0 unspecified atom stereocenters. The Balaban J connectivity index is 1.71. The van der Waals surface area contributed by atoms with E-state index in [0.29, 0.717) is 12.8 Å². The minimum Gasteiger partial charge on any atom is -0.325 e. The van der Waals surface area contributed by atoms with Crippen molar-refractivity contribution in [3.63, 3.8) is 0 Å². The molecular formula is C19H23ClN4O5S2. The summed E-state index contributed by atoms with van der Waals surface area (Å²) < 4.78 is 53.0. The third-order valence-electron chi connectivity index (χ3n) is 5.07. The van der Waals surface area contributed by atoms with Gasteiger partial charge in [-0.05, 0) is 37.1 Å². The van der Waals surface area contributed by atoms with Crippen LogP contribution < -0.4 is 5.32 Å². The standard InChI is InChI=1S/C19H23ClN4O5S2/c1-23(2)30(26,27)16-7-4-3-6-15(16)22-19(25)14-9-12-24(13-10-14)31(28,29)17-8-5-11-21-18(17)20/h3-8,11,14H,9-10,12-13H2,1-2H3,(H,22,25). The van der Waals surface area contributed by atoms with Crippen LogP contribution in [0.3, 0.4) is 0 Å². The van der Waals surface area contributed by atoms with E-state index in [1.165, 1.54) is 48.9 Å². The van der Waals surface area contributed by atoms with E-state index in [1.807, 2.05) is 0 Å². The molecule has 31 heavy (non-hydrogen) atoms. The minimum atomic E-state index is -3.81. The van der Waals surface area contributed by atoms with Crippen molar-refractivity contribution in [2.24, 2.45) is 5.92 Å². The summed E-state index contributed by atoms with van der Waals surface area (Å²) in [6, 6.07) is 9.07. The predicted molar refractivity (Wildman–Crippen MR) is 117 cm³/mol. The molecular weight excluding hydrogens is 464 g/mol. The summed E-state index contributed by atoms with van der Waals surface area (Å²) in [5.74, 6) is -0.802. The van der Waals surface area contributed by atoms with Gasteiger partial charge < -0.3 is 5.32 Å². The van der Waals surface area contributed by atoms with Crippen LogP contribution in [0.15, 0.2) is 52.4 Å². The maximum atomic E-state index is 12.8. The number of rotatable bonds is 6. The molecule has 1 amide bonds. The van der Waals surface area contributed by atoms with Crippen LogP contribution in [0.4, 0.5) is 5.69 Å². The predicted octanol–water partition coefficient (Wildman–Crippen LogP) is 2.02. The van der Waals surface area contributed by atoms with Crippen molar-refractivity contribution >= 4 is 43.2 Å². The van der Waals surface area contributed by atoms with E-state index >= 15 is 0 Å². The molecule has 1 fully saturated rings. The number of amides is 1. The molecule has 0 aliphatic carbocycles. The SMILES string of the molecule is CN(C)S(=O)(=O)c1ccccc1NC(=O)C1CCN(S(=O)(=O)c2cccnc2Cl)CC1. The number of hydrogen-bond donors (Lipinski definition) is 1. The number of nitrogens with zero attached hydrogens (tertiary/aromatic N) is 3. The maximum Gasteiger partial charge on any atom is 0.246 e. The lowest BCUT2D eigenvalue weighted by Crippen LogP contribution is -2.41. The first-order chi connectivity index (χ1) is 14.5. The molecule has 0 atom stereocenters. The van der Waals surface area contributed by atoms with Crippen LogP contribution in [0, 0.1) is 5.92 Å². The molecule has 2 aromatic rings. The van der Waals surface area contributed by atoms with Crippen molar-refractivity contribution in [1.82, 2.24) is 13.6 Å². The van der Waals surface area contributed by atoms with Gasteiger partial charge in [0.2, 0.25) is 26.0 Å². The molecule has 168 valence electrons. The number of anilines is 1. The second-order valence-corrected chi connectivity index (χ2v) is 11.6. The van der Waals surface area contributed by atoms with Gasteiger partial charge in [0.15, 0.2) is 0 Å². The van der Waals surface area contributed by atoms with Gasteiger partial charge in [0.05, 0.1) is 5.69 Å². The largest absolute Gasteiger partial charge is 0.325 e. The highest BCUT2D eigenvalue weighted by Gasteiger charge is 2.34. The Kier molecular flexibility index (Phi) is 7.01. The molecule has 1 N–H and O–H groups in total. The normalized spacial score (nSPS) is 16.4. The number of nitrogens with one attached hydrogen (secondary N) is 1. The van der Waals surface area contributed by atoms with Crippen LogP contribution in [0.2, 0.25) is 5.15 Å². The van der Waals surface area contributed by atoms with Crippen LogP contribution in [0.5, 0.6) is 0 Å². The molecule has 1 aromatic carbocycles. The molecule has 1 saturated heterocycles. The van der Waals surface area contributed by atoms with Crippen LogP contribution in [0.1, 0.15) is 12.8 Å². The molecule has 1 aromatic heterocycles. The molecule has 0 spiro atoms. The van der Waals surface area contributed by atoms with Crippen LogP contribution in [0.25, 0.3) is 0 Å². The number of aromatic nitrogens is 1. The lowest BCUT2D eigenvalue weighted by atomic mass is 9.97. The number of benzene rings is 1. The van der Waals surface area contributed by atoms with Gasteiger partial charge in [-0.2, -0.15) is 4.31 Å². The van der Waals surface area contributed by atoms with Gasteiger partial charge in [-0.3, -0.25) is 4.79 Å². The van der Waals surface area contributed by atoms with Crippen LogP contribution in [-0.2, 0) is 24.8 Å². The van der Waals surface area contributed by atoms with Crippen molar-refractivity contribution in [3.8, 4) is 0 Å².